The average Bonchev–Trinajstić information content (AvgIpc) is 3.13. The number of pyridine rings is 3. The number of nitrogens with zero attached hydrogens (tertiary/aromatic N) is 3. The van der Waals surface area contributed by atoms with Gasteiger partial charge in [-0.3, -0.25) is 4.98 Å². The Kier molecular flexibility index (Phi) is 6.14. The van der Waals surface area contributed by atoms with Crippen molar-refractivity contribution in [2.75, 3.05) is 0 Å². The highest BCUT2D eigenvalue weighted by molar-refractivity contribution is 5.98. The summed E-state index contributed by atoms with van der Waals surface area (Å²) in [6.45, 7) is 0. The van der Waals surface area contributed by atoms with Crippen LogP contribution >= 0.6 is 0 Å². The fraction of sp³-hybridized carbons (Fsp3) is 0. The zero-order valence-electron chi connectivity index (χ0n) is 24.9. The summed E-state index contributed by atoms with van der Waals surface area (Å²) in [7, 11) is 0. The van der Waals surface area contributed by atoms with Crippen LogP contribution in [0.4, 0.5) is 0 Å². The smallest absolute Gasteiger partial charge is 0.0715 e. The minimum absolute atomic E-state index is 0.951. The van der Waals surface area contributed by atoms with E-state index in [1.165, 1.54) is 16.2 Å². The molecule has 0 amide bonds. The summed E-state index contributed by atoms with van der Waals surface area (Å²) in [5.41, 5.74) is 10.6. The summed E-state index contributed by atoms with van der Waals surface area (Å²) in [4.78, 5) is 14.6. The van der Waals surface area contributed by atoms with Gasteiger partial charge in [-0.25, -0.2) is 9.97 Å². The molecule has 3 nitrogen and oxygen atoms in total. The van der Waals surface area contributed by atoms with Crippen LogP contribution in [0.1, 0.15) is 0 Å². The molecule has 6 aromatic carbocycles. The standard InChI is InChI=1S/C43H27N3/c1-2-8-30-25-43-36(22-28(30)7-1)17-20-41(46-43)33-12-5-10-29(21-33)31-15-18-42-35(23-31)16-19-40(45-42)34-13-6-11-32(24-34)39-27-44-26-37-9-3-4-14-38(37)39/h1-27H. The van der Waals surface area contributed by atoms with E-state index in [1.54, 1.807) is 0 Å². The van der Waals surface area contributed by atoms with E-state index in [-0.39, 0.29) is 0 Å². The molecule has 0 aliphatic carbocycles. The minimum Gasteiger partial charge on any atom is -0.263 e. The van der Waals surface area contributed by atoms with Crippen LogP contribution in [-0.4, -0.2) is 15.0 Å². The van der Waals surface area contributed by atoms with Crippen LogP contribution in [0, 0.1) is 0 Å². The van der Waals surface area contributed by atoms with E-state index in [4.69, 9.17) is 9.97 Å². The molecule has 0 aliphatic heterocycles. The Hall–Kier alpha value is -6.19. The highest BCUT2D eigenvalue weighted by Crippen LogP contribution is 2.33. The zero-order chi connectivity index (χ0) is 30.5. The van der Waals surface area contributed by atoms with Crippen molar-refractivity contribution in [2.45, 2.75) is 0 Å². The predicted octanol–water partition coefficient (Wildman–Crippen LogP) is 11.2. The number of benzene rings is 6. The van der Waals surface area contributed by atoms with Crippen LogP contribution in [-0.2, 0) is 0 Å². The van der Waals surface area contributed by atoms with E-state index < -0.39 is 0 Å². The Labute approximate surface area is 266 Å². The predicted molar refractivity (Wildman–Crippen MR) is 192 cm³/mol. The van der Waals surface area contributed by atoms with Gasteiger partial charge in [0.1, 0.15) is 0 Å². The Morgan fingerprint density at radius 3 is 1.74 bits per heavy atom. The molecule has 0 N–H and O–H groups in total. The van der Waals surface area contributed by atoms with Gasteiger partial charge in [-0.2, -0.15) is 0 Å². The summed E-state index contributed by atoms with van der Waals surface area (Å²) in [5.74, 6) is 0. The van der Waals surface area contributed by atoms with Gasteiger partial charge in [-0.1, -0.05) is 103 Å². The first-order chi connectivity index (χ1) is 22.7. The molecule has 0 radical (unpaired) electrons. The van der Waals surface area contributed by atoms with E-state index >= 15 is 0 Å². The van der Waals surface area contributed by atoms with E-state index in [0.29, 0.717) is 0 Å². The van der Waals surface area contributed by atoms with E-state index in [2.05, 4.69) is 157 Å². The van der Waals surface area contributed by atoms with Crippen molar-refractivity contribution in [1.82, 2.24) is 15.0 Å². The quantitative estimate of drug-likeness (QED) is 0.193. The van der Waals surface area contributed by atoms with Crippen molar-refractivity contribution < 1.29 is 0 Å². The highest BCUT2D eigenvalue weighted by Gasteiger charge is 2.10. The first-order valence-corrected chi connectivity index (χ1v) is 15.5. The van der Waals surface area contributed by atoms with Crippen LogP contribution in [0.25, 0.3) is 88.1 Å². The molecule has 9 rings (SSSR count). The van der Waals surface area contributed by atoms with E-state index in [0.717, 1.165) is 72.0 Å². The van der Waals surface area contributed by atoms with Crippen LogP contribution < -0.4 is 0 Å². The van der Waals surface area contributed by atoms with Gasteiger partial charge in [0.05, 0.1) is 22.4 Å². The second-order valence-corrected chi connectivity index (χ2v) is 11.8. The lowest BCUT2D eigenvalue weighted by atomic mass is 9.97. The number of hydrogen-bond donors (Lipinski definition) is 0. The van der Waals surface area contributed by atoms with Gasteiger partial charge < -0.3 is 0 Å². The summed E-state index contributed by atoms with van der Waals surface area (Å²) in [5, 5.41) is 7.03. The van der Waals surface area contributed by atoms with Crippen molar-refractivity contribution in [3.8, 4) is 44.8 Å². The molecular formula is C43H27N3. The lowest BCUT2D eigenvalue weighted by Crippen LogP contribution is -1.89. The van der Waals surface area contributed by atoms with Crippen molar-refractivity contribution >= 4 is 43.4 Å². The minimum atomic E-state index is 0.951. The maximum Gasteiger partial charge on any atom is 0.0715 e. The fourth-order valence-corrected chi connectivity index (χ4v) is 6.49. The van der Waals surface area contributed by atoms with Gasteiger partial charge in [-0.05, 0) is 81.4 Å². The summed E-state index contributed by atoms with van der Waals surface area (Å²) in [6, 6.07) is 53.5. The lowest BCUT2D eigenvalue weighted by molar-refractivity contribution is 1.36. The molecule has 0 unspecified atom stereocenters. The maximum absolute atomic E-state index is 5.07. The molecule has 0 saturated heterocycles. The molecule has 3 heteroatoms. The monoisotopic (exact) mass is 585 g/mol. The van der Waals surface area contributed by atoms with Gasteiger partial charge >= 0.3 is 0 Å². The van der Waals surface area contributed by atoms with Crippen molar-refractivity contribution in [3.63, 3.8) is 0 Å². The van der Waals surface area contributed by atoms with Crippen molar-refractivity contribution in [2.24, 2.45) is 0 Å². The molecule has 214 valence electrons. The Balaban J connectivity index is 1.04. The van der Waals surface area contributed by atoms with E-state index in [9.17, 15) is 0 Å². The third-order valence-corrected chi connectivity index (χ3v) is 8.88. The van der Waals surface area contributed by atoms with Gasteiger partial charge in [0.15, 0.2) is 0 Å². The molecule has 3 heterocycles. The molecule has 9 aromatic rings. The Morgan fingerprint density at radius 2 is 0.935 bits per heavy atom. The molecule has 0 spiro atoms. The van der Waals surface area contributed by atoms with Crippen molar-refractivity contribution in [1.29, 1.82) is 0 Å². The Morgan fingerprint density at radius 1 is 0.326 bits per heavy atom. The average molecular weight is 586 g/mol. The summed E-state index contributed by atoms with van der Waals surface area (Å²) >= 11 is 0. The largest absolute Gasteiger partial charge is 0.263 e. The molecule has 0 aliphatic rings. The normalized spacial score (nSPS) is 11.5. The lowest BCUT2D eigenvalue weighted by Gasteiger charge is -2.10. The van der Waals surface area contributed by atoms with Gasteiger partial charge in [-0.15, -0.1) is 0 Å². The van der Waals surface area contributed by atoms with Crippen molar-refractivity contribution in [3.05, 3.63) is 164 Å². The van der Waals surface area contributed by atoms with Gasteiger partial charge in [0.2, 0.25) is 0 Å². The summed E-state index contributed by atoms with van der Waals surface area (Å²) in [6.07, 6.45) is 3.86. The fourth-order valence-electron chi connectivity index (χ4n) is 6.49. The first kappa shape index (κ1) is 26.2. The topological polar surface area (TPSA) is 38.7 Å². The molecule has 0 bridgehead atoms. The second kappa shape index (κ2) is 10.8. The van der Waals surface area contributed by atoms with Gasteiger partial charge in [0.25, 0.3) is 0 Å². The van der Waals surface area contributed by atoms with E-state index in [1.807, 2.05) is 12.4 Å². The van der Waals surface area contributed by atoms with Crippen LogP contribution in [0.15, 0.2) is 164 Å². The molecule has 46 heavy (non-hydrogen) atoms. The molecule has 0 saturated carbocycles. The van der Waals surface area contributed by atoms with Crippen LogP contribution in [0.5, 0.6) is 0 Å². The number of hydrogen-bond acceptors (Lipinski definition) is 3. The van der Waals surface area contributed by atoms with Crippen LogP contribution in [0.3, 0.4) is 0 Å². The molecule has 3 aromatic heterocycles. The molecule has 0 fully saturated rings. The third kappa shape index (κ3) is 4.66. The molecule has 0 atom stereocenters. The SMILES string of the molecule is c1cc(-c2ccc3nc(-c4cccc(-c5cncc6ccccc56)c4)ccc3c2)cc(-c2ccc3cc4ccccc4cc3n2)c1. The third-order valence-electron chi connectivity index (χ3n) is 8.88. The number of rotatable bonds is 4. The number of aromatic nitrogens is 3. The number of fused-ring (bicyclic) bond motifs is 4. The molecular weight excluding hydrogens is 558 g/mol. The highest BCUT2D eigenvalue weighted by atomic mass is 14.7. The zero-order valence-corrected chi connectivity index (χ0v) is 24.9. The van der Waals surface area contributed by atoms with Gasteiger partial charge in [0, 0.05) is 45.2 Å². The maximum atomic E-state index is 5.07. The second-order valence-electron chi connectivity index (χ2n) is 11.8. The van der Waals surface area contributed by atoms with Crippen LogP contribution in [0.2, 0.25) is 0 Å². The summed E-state index contributed by atoms with van der Waals surface area (Å²) < 4.78 is 0. The first-order valence-electron chi connectivity index (χ1n) is 15.5. The Bertz CT molecular complexity index is 2600.